The van der Waals surface area contributed by atoms with Crippen molar-refractivity contribution in [3.05, 3.63) is 28.8 Å². The number of carbonyl (C=O) groups excluding carboxylic acids is 2. The molecule has 0 radical (unpaired) electrons. The summed E-state index contributed by atoms with van der Waals surface area (Å²) in [6.45, 7) is 8.38. The van der Waals surface area contributed by atoms with Crippen LogP contribution < -0.4 is 4.74 Å². The first-order chi connectivity index (χ1) is 11.0. The quantitative estimate of drug-likeness (QED) is 0.852. The van der Waals surface area contributed by atoms with Gasteiger partial charge in [-0.25, -0.2) is 0 Å². The molecule has 126 valence electrons. The van der Waals surface area contributed by atoms with E-state index < -0.39 is 0 Å². The summed E-state index contributed by atoms with van der Waals surface area (Å²) >= 11 is 0. The van der Waals surface area contributed by atoms with Gasteiger partial charge < -0.3 is 14.5 Å². The van der Waals surface area contributed by atoms with Crippen molar-refractivity contribution in [1.82, 2.24) is 9.80 Å². The largest absolute Gasteiger partial charge is 0.496 e. The van der Waals surface area contributed by atoms with Crippen LogP contribution >= 0.6 is 0 Å². The first-order valence-electron chi connectivity index (χ1n) is 8.16. The van der Waals surface area contributed by atoms with Crippen molar-refractivity contribution < 1.29 is 14.3 Å². The minimum atomic E-state index is 0.126. The van der Waals surface area contributed by atoms with Crippen molar-refractivity contribution in [3.8, 4) is 5.75 Å². The Kier molecular flexibility index (Phi) is 5.64. The fourth-order valence-electron chi connectivity index (χ4n) is 2.96. The first kappa shape index (κ1) is 17.3. The molecule has 1 fully saturated rings. The molecular formula is C18H26N2O3. The Bertz CT molecular complexity index is 590. The van der Waals surface area contributed by atoms with Gasteiger partial charge in [-0.15, -0.1) is 0 Å². The third-order valence-electron chi connectivity index (χ3n) is 4.48. The van der Waals surface area contributed by atoms with Crippen LogP contribution in [0, 0.1) is 13.8 Å². The molecular weight excluding hydrogens is 292 g/mol. The number of methoxy groups -OCH3 is 1. The van der Waals surface area contributed by atoms with Crippen molar-refractivity contribution in [2.75, 3.05) is 33.3 Å². The maximum absolute atomic E-state index is 12.5. The zero-order valence-corrected chi connectivity index (χ0v) is 14.5. The van der Waals surface area contributed by atoms with Crippen molar-refractivity contribution in [3.63, 3.8) is 0 Å². The van der Waals surface area contributed by atoms with Crippen LogP contribution in [0.1, 0.15) is 30.0 Å². The van der Waals surface area contributed by atoms with Crippen molar-refractivity contribution in [2.45, 2.75) is 33.6 Å². The van der Waals surface area contributed by atoms with Crippen molar-refractivity contribution >= 4 is 11.8 Å². The lowest BCUT2D eigenvalue weighted by Gasteiger charge is -2.34. The summed E-state index contributed by atoms with van der Waals surface area (Å²) < 4.78 is 5.31. The van der Waals surface area contributed by atoms with Crippen LogP contribution in [0.25, 0.3) is 0 Å². The molecule has 5 nitrogen and oxygen atoms in total. The molecule has 5 heteroatoms. The number of amides is 2. The predicted molar refractivity (Wildman–Crippen MR) is 89.6 cm³/mol. The molecule has 0 N–H and O–H groups in total. The number of hydrogen-bond acceptors (Lipinski definition) is 3. The van der Waals surface area contributed by atoms with Crippen molar-refractivity contribution in [2.24, 2.45) is 0 Å². The molecule has 1 aliphatic heterocycles. The molecule has 0 saturated carbocycles. The molecule has 1 heterocycles. The Morgan fingerprint density at radius 1 is 1.00 bits per heavy atom. The van der Waals surface area contributed by atoms with E-state index in [1.807, 2.05) is 42.7 Å². The zero-order valence-electron chi connectivity index (χ0n) is 14.5. The molecule has 0 unspecified atom stereocenters. The van der Waals surface area contributed by atoms with Gasteiger partial charge in [0.05, 0.1) is 13.5 Å². The van der Waals surface area contributed by atoms with Gasteiger partial charge >= 0.3 is 0 Å². The average molecular weight is 318 g/mol. The van der Waals surface area contributed by atoms with Gasteiger partial charge in [-0.3, -0.25) is 9.59 Å². The highest BCUT2D eigenvalue weighted by molar-refractivity contribution is 5.80. The van der Waals surface area contributed by atoms with Gasteiger partial charge in [-0.2, -0.15) is 0 Å². The van der Waals surface area contributed by atoms with Gasteiger partial charge in [-0.1, -0.05) is 13.0 Å². The summed E-state index contributed by atoms with van der Waals surface area (Å²) in [5.41, 5.74) is 3.15. The second-order valence-electron chi connectivity index (χ2n) is 6.04. The van der Waals surface area contributed by atoms with Crippen LogP contribution in [-0.4, -0.2) is 54.9 Å². The van der Waals surface area contributed by atoms with E-state index in [0.29, 0.717) is 39.0 Å². The number of piperazine rings is 1. The first-order valence-corrected chi connectivity index (χ1v) is 8.16. The molecule has 2 amide bonds. The fourth-order valence-corrected chi connectivity index (χ4v) is 2.96. The molecule has 0 bridgehead atoms. The van der Waals surface area contributed by atoms with Gasteiger partial charge in [0.1, 0.15) is 5.75 Å². The highest BCUT2D eigenvalue weighted by atomic mass is 16.5. The summed E-state index contributed by atoms with van der Waals surface area (Å²) in [5, 5.41) is 0. The summed E-state index contributed by atoms with van der Waals surface area (Å²) in [6.07, 6.45) is 0.927. The number of aryl methyl sites for hydroxylation is 2. The zero-order chi connectivity index (χ0) is 17.0. The van der Waals surface area contributed by atoms with E-state index in [0.717, 1.165) is 22.4 Å². The monoisotopic (exact) mass is 318 g/mol. The maximum atomic E-state index is 12.5. The Morgan fingerprint density at radius 2 is 1.57 bits per heavy atom. The number of ether oxygens (including phenoxy) is 1. The number of rotatable bonds is 4. The van der Waals surface area contributed by atoms with Gasteiger partial charge in [-0.05, 0) is 36.6 Å². The van der Waals surface area contributed by atoms with E-state index in [9.17, 15) is 9.59 Å². The Labute approximate surface area is 138 Å². The van der Waals surface area contributed by atoms with E-state index in [1.165, 1.54) is 0 Å². The number of hydrogen-bond donors (Lipinski definition) is 0. The smallest absolute Gasteiger partial charge is 0.227 e. The molecule has 0 atom stereocenters. The molecule has 0 aromatic heterocycles. The average Bonchev–Trinajstić information content (AvgIpc) is 2.57. The minimum Gasteiger partial charge on any atom is -0.496 e. The summed E-state index contributed by atoms with van der Waals surface area (Å²) in [7, 11) is 1.66. The van der Waals surface area contributed by atoms with Gasteiger partial charge in [0.15, 0.2) is 0 Å². The summed E-state index contributed by atoms with van der Waals surface area (Å²) in [4.78, 5) is 27.9. The normalized spacial score (nSPS) is 14.8. The van der Waals surface area contributed by atoms with Gasteiger partial charge in [0, 0.05) is 32.6 Å². The van der Waals surface area contributed by atoms with Crippen LogP contribution in [0.2, 0.25) is 0 Å². The maximum Gasteiger partial charge on any atom is 0.227 e. The third-order valence-corrected chi connectivity index (χ3v) is 4.48. The van der Waals surface area contributed by atoms with Crippen LogP contribution in [0.3, 0.4) is 0 Å². The van der Waals surface area contributed by atoms with Crippen LogP contribution in [0.4, 0.5) is 0 Å². The van der Waals surface area contributed by atoms with E-state index >= 15 is 0 Å². The number of benzene rings is 1. The second-order valence-corrected chi connectivity index (χ2v) is 6.04. The Balaban J connectivity index is 1.98. The third kappa shape index (κ3) is 4.03. The summed E-state index contributed by atoms with van der Waals surface area (Å²) in [6, 6.07) is 4.01. The van der Waals surface area contributed by atoms with Crippen LogP contribution in [0.15, 0.2) is 12.1 Å². The van der Waals surface area contributed by atoms with Crippen LogP contribution in [-0.2, 0) is 16.0 Å². The van der Waals surface area contributed by atoms with E-state index in [1.54, 1.807) is 7.11 Å². The highest BCUT2D eigenvalue weighted by Gasteiger charge is 2.23. The van der Waals surface area contributed by atoms with E-state index in [4.69, 9.17) is 4.74 Å². The van der Waals surface area contributed by atoms with Crippen molar-refractivity contribution in [1.29, 1.82) is 0 Å². The Hall–Kier alpha value is -2.04. The molecule has 1 aromatic carbocycles. The number of carbonyl (C=O) groups is 2. The van der Waals surface area contributed by atoms with Gasteiger partial charge in [0.2, 0.25) is 11.8 Å². The van der Waals surface area contributed by atoms with E-state index in [-0.39, 0.29) is 11.8 Å². The standard InChI is InChI=1S/C18H26N2O3/c1-5-17(21)19-6-8-20(9-7-19)18(22)12-15-10-14(3)16(23-4)11-13(15)2/h10-11H,5-9,12H2,1-4H3. The molecule has 0 aliphatic carbocycles. The second kappa shape index (κ2) is 7.49. The SMILES string of the molecule is CCC(=O)N1CCN(C(=O)Cc2cc(C)c(OC)cc2C)CC1. The lowest BCUT2D eigenvalue weighted by atomic mass is 10.0. The van der Waals surface area contributed by atoms with Gasteiger partial charge in [0.25, 0.3) is 0 Å². The van der Waals surface area contributed by atoms with Crippen LogP contribution in [0.5, 0.6) is 5.75 Å². The Morgan fingerprint density at radius 3 is 2.09 bits per heavy atom. The molecule has 1 saturated heterocycles. The van der Waals surface area contributed by atoms with E-state index in [2.05, 4.69) is 0 Å². The molecule has 1 aromatic rings. The lowest BCUT2D eigenvalue weighted by Crippen LogP contribution is -2.50. The lowest BCUT2D eigenvalue weighted by molar-refractivity contribution is -0.139. The summed E-state index contributed by atoms with van der Waals surface area (Å²) in [5.74, 6) is 1.14. The minimum absolute atomic E-state index is 0.126. The molecule has 1 aliphatic rings. The predicted octanol–water partition coefficient (Wildman–Crippen LogP) is 1.94. The topological polar surface area (TPSA) is 49.9 Å². The fraction of sp³-hybridized carbons (Fsp3) is 0.556. The molecule has 0 spiro atoms. The molecule has 2 rings (SSSR count). The number of nitrogens with zero attached hydrogens (tertiary/aromatic N) is 2. The highest BCUT2D eigenvalue weighted by Crippen LogP contribution is 2.23. The molecule has 23 heavy (non-hydrogen) atoms.